The van der Waals surface area contributed by atoms with Crippen LogP contribution in [0.25, 0.3) is 0 Å². The third-order valence-corrected chi connectivity index (χ3v) is 2.62. The molecule has 17 heavy (non-hydrogen) atoms. The number of benzene rings is 1. The highest BCUT2D eigenvalue weighted by atomic mass is 32.1. The lowest BCUT2D eigenvalue weighted by Crippen LogP contribution is -2.12. The van der Waals surface area contributed by atoms with Gasteiger partial charge in [-0.1, -0.05) is 18.3 Å². The van der Waals surface area contributed by atoms with Crippen LogP contribution in [0.3, 0.4) is 0 Å². The van der Waals surface area contributed by atoms with Crippen molar-refractivity contribution < 1.29 is 4.39 Å². The zero-order chi connectivity index (χ0) is 12.4. The Labute approximate surface area is 104 Å². The fraction of sp³-hybridized carbons (Fsp3) is 0.167. The summed E-state index contributed by atoms with van der Waals surface area (Å²) in [7, 11) is 0. The monoisotopic (exact) mass is 249 g/mol. The summed E-state index contributed by atoms with van der Waals surface area (Å²) in [5.41, 5.74) is 7.73. The fourth-order valence-corrected chi connectivity index (χ4v) is 1.76. The maximum Gasteiger partial charge on any atom is 0.133 e. The number of aromatic nitrogens is 2. The van der Waals surface area contributed by atoms with Gasteiger partial charge in [0.15, 0.2) is 0 Å². The van der Waals surface area contributed by atoms with Crippen molar-refractivity contribution in [3.05, 3.63) is 53.1 Å². The van der Waals surface area contributed by atoms with Crippen LogP contribution < -0.4 is 5.73 Å². The van der Waals surface area contributed by atoms with Gasteiger partial charge in [0, 0.05) is 11.8 Å². The Hall–Kier alpha value is -1.75. The van der Waals surface area contributed by atoms with Crippen LogP contribution in [0.4, 0.5) is 4.39 Å². The zero-order valence-corrected chi connectivity index (χ0v) is 10.2. The van der Waals surface area contributed by atoms with Gasteiger partial charge < -0.3 is 5.73 Å². The van der Waals surface area contributed by atoms with Crippen molar-refractivity contribution in [2.45, 2.75) is 13.5 Å². The molecule has 2 N–H and O–H groups in total. The van der Waals surface area contributed by atoms with E-state index in [0.717, 1.165) is 11.1 Å². The number of nitrogens with two attached hydrogens (primary N) is 1. The van der Waals surface area contributed by atoms with Crippen LogP contribution in [0.15, 0.2) is 30.6 Å². The second-order valence-corrected chi connectivity index (χ2v) is 4.33. The molecule has 88 valence electrons. The number of hydrogen-bond donors (Lipinski definition) is 1. The van der Waals surface area contributed by atoms with Gasteiger partial charge in [0.2, 0.25) is 0 Å². The number of rotatable bonds is 3. The Morgan fingerprint density at radius 2 is 2.29 bits per heavy atom. The molecule has 0 unspecified atom stereocenters. The van der Waals surface area contributed by atoms with E-state index in [1.54, 1.807) is 23.0 Å². The molecule has 2 rings (SSSR count). The Bertz CT molecular complexity index is 563. The van der Waals surface area contributed by atoms with E-state index in [1.165, 1.54) is 6.07 Å². The predicted molar refractivity (Wildman–Crippen MR) is 68.4 cm³/mol. The highest BCUT2D eigenvalue weighted by Gasteiger charge is 2.06. The van der Waals surface area contributed by atoms with Crippen molar-refractivity contribution in [2.75, 3.05) is 0 Å². The SMILES string of the molecule is Cc1cnn(Cc2ccc(F)c(C(N)=S)c2)c1. The molecule has 0 aliphatic rings. The lowest BCUT2D eigenvalue weighted by molar-refractivity contribution is 0.622. The topological polar surface area (TPSA) is 43.8 Å². The number of hydrogen-bond acceptors (Lipinski definition) is 2. The van der Waals surface area contributed by atoms with Crippen LogP contribution in [0.1, 0.15) is 16.7 Å². The summed E-state index contributed by atoms with van der Waals surface area (Å²) in [5.74, 6) is -0.391. The molecule has 1 aromatic heterocycles. The van der Waals surface area contributed by atoms with Gasteiger partial charge in [-0.3, -0.25) is 4.68 Å². The van der Waals surface area contributed by atoms with E-state index >= 15 is 0 Å². The molecule has 0 bridgehead atoms. The first kappa shape index (κ1) is 11.7. The molecule has 2 aromatic rings. The highest BCUT2D eigenvalue weighted by Crippen LogP contribution is 2.12. The average molecular weight is 249 g/mol. The molecule has 5 heteroatoms. The molecule has 0 aliphatic heterocycles. The van der Waals surface area contributed by atoms with Gasteiger partial charge >= 0.3 is 0 Å². The van der Waals surface area contributed by atoms with Gasteiger partial charge in [-0.15, -0.1) is 0 Å². The molecular weight excluding hydrogens is 237 g/mol. The van der Waals surface area contributed by atoms with Gasteiger partial charge in [-0.25, -0.2) is 4.39 Å². The predicted octanol–water partition coefficient (Wildman–Crippen LogP) is 2.01. The molecule has 3 nitrogen and oxygen atoms in total. The van der Waals surface area contributed by atoms with E-state index < -0.39 is 5.82 Å². The van der Waals surface area contributed by atoms with E-state index in [2.05, 4.69) is 5.10 Å². The Morgan fingerprint density at radius 3 is 2.88 bits per heavy atom. The smallest absolute Gasteiger partial charge is 0.133 e. The summed E-state index contributed by atoms with van der Waals surface area (Å²) < 4.78 is 15.2. The van der Waals surface area contributed by atoms with Crippen LogP contribution in [0, 0.1) is 12.7 Å². The number of thiocarbonyl (C=S) groups is 1. The van der Waals surface area contributed by atoms with Crippen LogP contribution in [0.2, 0.25) is 0 Å². The molecule has 0 fully saturated rings. The van der Waals surface area contributed by atoms with E-state index in [0.29, 0.717) is 6.54 Å². The molecule has 0 saturated carbocycles. The van der Waals surface area contributed by atoms with Crippen LogP contribution in [0.5, 0.6) is 0 Å². The molecule has 1 aromatic carbocycles. The van der Waals surface area contributed by atoms with Gasteiger partial charge in [-0.2, -0.15) is 5.10 Å². The quantitative estimate of drug-likeness (QED) is 0.846. The molecule has 0 spiro atoms. The van der Waals surface area contributed by atoms with Crippen molar-refractivity contribution in [2.24, 2.45) is 5.73 Å². The van der Waals surface area contributed by atoms with E-state index in [1.807, 2.05) is 13.1 Å². The average Bonchev–Trinajstić information content (AvgIpc) is 2.66. The van der Waals surface area contributed by atoms with E-state index in [4.69, 9.17) is 18.0 Å². The maximum atomic E-state index is 13.4. The fourth-order valence-electron chi connectivity index (χ4n) is 1.60. The summed E-state index contributed by atoms with van der Waals surface area (Å²) >= 11 is 4.79. The van der Waals surface area contributed by atoms with Crippen molar-refractivity contribution in [1.82, 2.24) is 9.78 Å². The Balaban J connectivity index is 2.28. The summed E-state index contributed by atoms with van der Waals surface area (Å²) in [4.78, 5) is 0.0704. The van der Waals surface area contributed by atoms with Crippen LogP contribution >= 0.6 is 12.2 Å². The van der Waals surface area contributed by atoms with Crippen LogP contribution in [-0.4, -0.2) is 14.8 Å². The third kappa shape index (κ3) is 2.68. The minimum atomic E-state index is -0.391. The Kier molecular flexibility index (Phi) is 3.19. The number of nitrogens with zero attached hydrogens (tertiary/aromatic N) is 2. The number of aryl methyl sites for hydroxylation is 1. The molecular formula is C12H12FN3S. The van der Waals surface area contributed by atoms with Crippen LogP contribution in [-0.2, 0) is 6.54 Å². The van der Waals surface area contributed by atoms with E-state index in [9.17, 15) is 4.39 Å². The van der Waals surface area contributed by atoms with Gasteiger partial charge in [0.25, 0.3) is 0 Å². The lowest BCUT2D eigenvalue weighted by Gasteiger charge is -2.05. The van der Waals surface area contributed by atoms with Crippen molar-refractivity contribution in [1.29, 1.82) is 0 Å². The third-order valence-electron chi connectivity index (χ3n) is 2.40. The van der Waals surface area contributed by atoms with E-state index in [-0.39, 0.29) is 10.6 Å². The number of halogens is 1. The first-order chi connectivity index (χ1) is 8.06. The zero-order valence-electron chi connectivity index (χ0n) is 9.35. The molecule has 0 aliphatic carbocycles. The first-order valence-corrected chi connectivity index (χ1v) is 5.54. The standard InChI is InChI=1S/C12H12FN3S/c1-8-5-15-16(6-8)7-9-2-3-11(13)10(4-9)12(14)17/h2-6H,7H2,1H3,(H2,14,17). The summed E-state index contributed by atoms with van der Waals surface area (Å²) in [5, 5.41) is 4.17. The summed E-state index contributed by atoms with van der Waals surface area (Å²) in [6.07, 6.45) is 3.70. The normalized spacial score (nSPS) is 10.5. The van der Waals surface area contributed by atoms with Crippen molar-refractivity contribution >= 4 is 17.2 Å². The minimum absolute atomic E-state index is 0.0704. The van der Waals surface area contributed by atoms with Gasteiger partial charge in [0.05, 0.1) is 12.7 Å². The minimum Gasteiger partial charge on any atom is -0.389 e. The maximum absolute atomic E-state index is 13.4. The summed E-state index contributed by atoms with van der Waals surface area (Å²) in [6, 6.07) is 4.74. The van der Waals surface area contributed by atoms with Crippen molar-refractivity contribution in [3.63, 3.8) is 0 Å². The second kappa shape index (κ2) is 4.63. The van der Waals surface area contributed by atoms with Gasteiger partial charge in [-0.05, 0) is 30.2 Å². The molecule has 0 amide bonds. The largest absolute Gasteiger partial charge is 0.389 e. The summed E-state index contributed by atoms with van der Waals surface area (Å²) in [6.45, 7) is 2.54. The molecule has 1 heterocycles. The lowest BCUT2D eigenvalue weighted by atomic mass is 10.1. The Morgan fingerprint density at radius 1 is 1.53 bits per heavy atom. The van der Waals surface area contributed by atoms with Gasteiger partial charge in [0.1, 0.15) is 10.8 Å². The first-order valence-electron chi connectivity index (χ1n) is 5.13. The molecule has 0 saturated heterocycles. The molecule has 0 radical (unpaired) electrons. The van der Waals surface area contributed by atoms with Crippen molar-refractivity contribution in [3.8, 4) is 0 Å². The molecule has 0 atom stereocenters. The second-order valence-electron chi connectivity index (χ2n) is 3.89. The highest BCUT2D eigenvalue weighted by molar-refractivity contribution is 7.80.